The third-order valence-corrected chi connectivity index (χ3v) is 4.50. The molecule has 0 aromatic heterocycles. The predicted molar refractivity (Wildman–Crippen MR) is 71.6 cm³/mol. The molecule has 0 radical (unpaired) electrons. The fraction of sp³-hybridized carbons (Fsp3) is 0.462. The van der Waals surface area contributed by atoms with Crippen LogP contribution in [0, 0.1) is 0 Å². The van der Waals surface area contributed by atoms with Crippen molar-refractivity contribution in [2.45, 2.75) is 18.9 Å². The molecular formula is C13H13ClO3S. The van der Waals surface area contributed by atoms with Gasteiger partial charge in [-0.2, -0.15) is 11.8 Å². The first kappa shape index (κ1) is 12.2. The van der Waals surface area contributed by atoms with Crippen LogP contribution in [0.2, 0.25) is 5.02 Å². The van der Waals surface area contributed by atoms with Gasteiger partial charge in [0.25, 0.3) is 0 Å². The molecule has 0 atom stereocenters. The Hall–Kier alpha value is -0.870. The molecule has 1 saturated heterocycles. The number of rotatable bonds is 3. The molecule has 3 nitrogen and oxygen atoms in total. The van der Waals surface area contributed by atoms with Crippen molar-refractivity contribution in [1.29, 1.82) is 0 Å². The molecule has 0 unspecified atom stereocenters. The van der Waals surface area contributed by atoms with Crippen molar-refractivity contribution in [1.82, 2.24) is 0 Å². The summed E-state index contributed by atoms with van der Waals surface area (Å²) in [6.07, 6.45) is 1.19. The quantitative estimate of drug-likeness (QED) is 0.799. The second-order valence-corrected chi connectivity index (χ2v) is 5.99. The number of benzene rings is 1. The fourth-order valence-electron chi connectivity index (χ4n) is 2.14. The molecule has 1 aromatic rings. The van der Waals surface area contributed by atoms with Crippen molar-refractivity contribution >= 4 is 29.3 Å². The van der Waals surface area contributed by atoms with Gasteiger partial charge in [0.2, 0.25) is 0 Å². The Morgan fingerprint density at radius 3 is 3.06 bits per heavy atom. The van der Waals surface area contributed by atoms with E-state index in [0.717, 1.165) is 34.8 Å². The van der Waals surface area contributed by atoms with Crippen LogP contribution in [0.1, 0.15) is 11.1 Å². The highest BCUT2D eigenvalue weighted by Crippen LogP contribution is 2.33. The normalized spacial score (nSPS) is 17.8. The van der Waals surface area contributed by atoms with Gasteiger partial charge in [-0.1, -0.05) is 11.6 Å². The first-order valence-corrected chi connectivity index (χ1v) is 7.47. The Morgan fingerprint density at radius 1 is 1.50 bits per heavy atom. The van der Waals surface area contributed by atoms with Crippen LogP contribution in [0.5, 0.6) is 5.75 Å². The van der Waals surface area contributed by atoms with Gasteiger partial charge < -0.3 is 9.47 Å². The third kappa shape index (κ3) is 2.45. The lowest BCUT2D eigenvalue weighted by Gasteiger charge is -2.24. The van der Waals surface area contributed by atoms with Gasteiger partial charge in [-0.25, -0.2) is 0 Å². The summed E-state index contributed by atoms with van der Waals surface area (Å²) in [5.41, 5.74) is 1.93. The highest BCUT2D eigenvalue weighted by molar-refractivity contribution is 8.00. The number of carbonyl (C=O) groups is 1. The summed E-state index contributed by atoms with van der Waals surface area (Å²) in [5.74, 6) is 2.45. The molecular weight excluding hydrogens is 272 g/mol. The van der Waals surface area contributed by atoms with E-state index in [4.69, 9.17) is 21.1 Å². The SMILES string of the molecule is O=C(Cc1cc(Cl)cc2c1OCC2)OC1CSC1. The van der Waals surface area contributed by atoms with Crippen molar-refractivity contribution in [3.63, 3.8) is 0 Å². The zero-order chi connectivity index (χ0) is 12.5. The van der Waals surface area contributed by atoms with Crippen LogP contribution >= 0.6 is 23.4 Å². The number of thioether (sulfide) groups is 1. The van der Waals surface area contributed by atoms with E-state index in [1.807, 2.05) is 6.07 Å². The molecule has 1 fully saturated rings. The van der Waals surface area contributed by atoms with Gasteiger partial charge >= 0.3 is 5.97 Å². The van der Waals surface area contributed by atoms with Crippen molar-refractivity contribution < 1.29 is 14.3 Å². The second-order valence-electron chi connectivity index (χ2n) is 4.48. The average molecular weight is 285 g/mol. The maximum absolute atomic E-state index is 11.8. The predicted octanol–water partition coefficient (Wildman–Crippen LogP) is 2.48. The van der Waals surface area contributed by atoms with Crippen LogP contribution < -0.4 is 4.74 Å². The molecule has 0 amide bonds. The highest BCUT2D eigenvalue weighted by Gasteiger charge is 2.24. The van der Waals surface area contributed by atoms with E-state index in [1.54, 1.807) is 17.8 Å². The van der Waals surface area contributed by atoms with Crippen LogP contribution in [0.4, 0.5) is 0 Å². The number of ether oxygens (including phenoxy) is 2. The molecule has 2 heterocycles. The van der Waals surface area contributed by atoms with Gasteiger partial charge in [0, 0.05) is 28.5 Å². The number of hydrogen-bond acceptors (Lipinski definition) is 4. The van der Waals surface area contributed by atoms with Crippen molar-refractivity contribution in [2.24, 2.45) is 0 Å². The monoisotopic (exact) mass is 284 g/mol. The molecule has 2 aliphatic heterocycles. The summed E-state index contributed by atoms with van der Waals surface area (Å²) >= 11 is 7.84. The largest absolute Gasteiger partial charge is 0.493 e. The summed E-state index contributed by atoms with van der Waals surface area (Å²) in [7, 11) is 0. The molecule has 0 spiro atoms. The second kappa shape index (κ2) is 5.02. The minimum absolute atomic E-state index is 0.0932. The number of fused-ring (bicyclic) bond motifs is 1. The lowest BCUT2D eigenvalue weighted by Crippen LogP contribution is -2.31. The molecule has 2 aliphatic rings. The van der Waals surface area contributed by atoms with Gasteiger partial charge in [-0.05, 0) is 17.7 Å². The summed E-state index contributed by atoms with van der Waals surface area (Å²) < 4.78 is 10.9. The molecule has 3 rings (SSSR count). The Labute approximate surface area is 115 Å². The molecule has 5 heteroatoms. The topological polar surface area (TPSA) is 35.5 Å². The van der Waals surface area contributed by atoms with E-state index in [-0.39, 0.29) is 18.5 Å². The van der Waals surface area contributed by atoms with Crippen molar-refractivity contribution in [2.75, 3.05) is 18.1 Å². The van der Waals surface area contributed by atoms with Gasteiger partial charge in [-0.15, -0.1) is 0 Å². The maximum atomic E-state index is 11.8. The average Bonchev–Trinajstić information content (AvgIpc) is 2.71. The van der Waals surface area contributed by atoms with E-state index < -0.39 is 0 Å². The Balaban J connectivity index is 1.73. The first-order chi connectivity index (χ1) is 8.72. The number of carbonyl (C=O) groups excluding carboxylic acids is 1. The first-order valence-electron chi connectivity index (χ1n) is 5.93. The van der Waals surface area contributed by atoms with Crippen LogP contribution in [-0.2, 0) is 22.4 Å². The minimum Gasteiger partial charge on any atom is -0.493 e. The summed E-state index contributed by atoms with van der Waals surface area (Å²) in [6.45, 7) is 0.664. The zero-order valence-corrected chi connectivity index (χ0v) is 11.4. The number of esters is 1. The van der Waals surface area contributed by atoms with Gasteiger partial charge in [0.15, 0.2) is 0 Å². The molecule has 0 N–H and O–H groups in total. The van der Waals surface area contributed by atoms with Crippen molar-refractivity contribution in [3.8, 4) is 5.75 Å². The van der Waals surface area contributed by atoms with Gasteiger partial charge in [0.1, 0.15) is 11.9 Å². The summed E-state index contributed by atoms with van der Waals surface area (Å²) in [6, 6.07) is 3.70. The highest BCUT2D eigenvalue weighted by atomic mass is 35.5. The third-order valence-electron chi connectivity index (χ3n) is 3.07. The summed E-state index contributed by atoms with van der Waals surface area (Å²) in [4.78, 5) is 11.8. The van der Waals surface area contributed by atoms with Gasteiger partial charge in [-0.3, -0.25) is 4.79 Å². The molecule has 96 valence electrons. The maximum Gasteiger partial charge on any atom is 0.310 e. The van der Waals surface area contributed by atoms with Crippen molar-refractivity contribution in [3.05, 3.63) is 28.3 Å². The van der Waals surface area contributed by atoms with E-state index >= 15 is 0 Å². The Bertz CT molecular complexity index is 485. The Morgan fingerprint density at radius 2 is 2.33 bits per heavy atom. The van der Waals surface area contributed by atoms with Crippen LogP contribution in [-0.4, -0.2) is 30.2 Å². The van der Waals surface area contributed by atoms with E-state index in [1.165, 1.54) is 0 Å². The van der Waals surface area contributed by atoms with Gasteiger partial charge in [0.05, 0.1) is 13.0 Å². The summed E-state index contributed by atoms with van der Waals surface area (Å²) in [5, 5.41) is 0.654. The standard InChI is InChI=1S/C13H13ClO3S/c14-10-3-8-1-2-16-13(8)9(4-10)5-12(15)17-11-6-18-7-11/h3-4,11H,1-2,5-7H2. The lowest BCUT2D eigenvalue weighted by molar-refractivity contribution is -0.146. The molecule has 1 aromatic carbocycles. The molecule has 0 aliphatic carbocycles. The van der Waals surface area contributed by atoms with E-state index in [9.17, 15) is 4.79 Å². The number of hydrogen-bond donors (Lipinski definition) is 0. The minimum atomic E-state index is -0.194. The van der Waals surface area contributed by atoms with Crippen LogP contribution in [0.25, 0.3) is 0 Å². The van der Waals surface area contributed by atoms with Crippen LogP contribution in [0.3, 0.4) is 0 Å². The fourth-order valence-corrected chi connectivity index (χ4v) is 2.97. The Kier molecular flexibility index (Phi) is 3.39. The zero-order valence-electron chi connectivity index (χ0n) is 9.78. The molecule has 0 bridgehead atoms. The number of halogens is 1. The molecule has 18 heavy (non-hydrogen) atoms. The lowest BCUT2D eigenvalue weighted by atomic mass is 10.1. The van der Waals surface area contributed by atoms with Crippen LogP contribution in [0.15, 0.2) is 12.1 Å². The smallest absolute Gasteiger partial charge is 0.310 e. The van der Waals surface area contributed by atoms with E-state index in [0.29, 0.717) is 11.6 Å². The molecule has 0 saturated carbocycles. The van der Waals surface area contributed by atoms with E-state index in [2.05, 4.69) is 0 Å².